The lowest BCUT2D eigenvalue weighted by molar-refractivity contribution is -0.140. The molecule has 0 aromatic heterocycles. The Morgan fingerprint density at radius 2 is 2.10 bits per heavy atom. The molecule has 0 spiro atoms. The molecular weight excluding hydrogens is 294 g/mol. The summed E-state index contributed by atoms with van der Waals surface area (Å²) in [5.41, 5.74) is 0.840. The topological polar surface area (TPSA) is 67.8 Å². The number of hydrogen-bond donors (Lipinski definition) is 2. The van der Waals surface area contributed by atoms with Gasteiger partial charge in [-0.1, -0.05) is 25.4 Å². The van der Waals surface area contributed by atoms with E-state index in [4.69, 9.17) is 26.2 Å². The summed E-state index contributed by atoms with van der Waals surface area (Å²) < 4.78 is 10.7. The van der Waals surface area contributed by atoms with Gasteiger partial charge >= 0.3 is 5.97 Å². The van der Waals surface area contributed by atoms with Crippen molar-refractivity contribution >= 4 is 17.6 Å². The molecule has 0 unspecified atom stereocenters. The van der Waals surface area contributed by atoms with Crippen molar-refractivity contribution in [3.8, 4) is 11.5 Å². The van der Waals surface area contributed by atoms with Gasteiger partial charge in [0.05, 0.1) is 18.7 Å². The maximum atomic E-state index is 11.2. The van der Waals surface area contributed by atoms with Crippen LogP contribution in [0.15, 0.2) is 12.1 Å². The summed E-state index contributed by atoms with van der Waals surface area (Å²) in [7, 11) is 1.54. The highest BCUT2D eigenvalue weighted by Gasteiger charge is 2.21. The summed E-state index contributed by atoms with van der Waals surface area (Å²) in [5.74, 6) is 0.165. The van der Waals surface area contributed by atoms with Crippen molar-refractivity contribution in [2.75, 3.05) is 13.7 Å². The van der Waals surface area contributed by atoms with Gasteiger partial charge in [0, 0.05) is 6.54 Å². The fourth-order valence-corrected chi connectivity index (χ4v) is 2.28. The van der Waals surface area contributed by atoms with E-state index in [1.54, 1.807) is 19.2 Å². The van der Waals surface area contributed by atoms with Gasteiger partial charge in [-0.15, -0.1) is 0 Å². The fourth-order valence-electron chi connectivity index (χ4n) is 2.00. The van der Waals surface area contributed by atoms with Crippen molar-refractivity contribution in [1.82, 2.24) is 5.32 Å². The van der Waals surface area contributed by atoms with Crippen molar-refractivity contribution in [2.45, 2.75) is 33.4 Å². The third-order valence-electron chi connectivity index (χ3n) is 3.04. The number of carboxylic acids is 1. The third-order valence-corrected chi connectivity index (χ3v) is 3.32. The summed E-state index contributed by atoms with van der Waals surface area (Å²) in [5, 5.41) is 12.6. The first kappa shape index (κ1) is 17.6. The molecule has 0 aliphatic carbocycles. The van der Waals surface area contributed by atoms with Crippen LogP contribution in [0, 0.1) is 5.92 Å². The third kappa shape index (κ3) is 4.79. The van der Waals surface area contributed by atoms with Gasteiger partial charge in [0.2, 0.25) is 0 Å². The molecule has 0 radical (unpaired) electrons. The van der Waals surface area contributed by atoms with E-state index in [1.807, 2.05) is 20.8 Å². The van der Waals surface area contributed by atoms with E-state index in [0.717, 1.165) is 5.56 Å². The number of benzene rings is 1. The molecule has 6 heteroatoms. The predicted molar refractivity (Wildman–Crippen MR) is 82.3 cm³/mol. The molecule has 5 nitrogen and oxygen atoms in total. The van der Waals surface area contributed by atoms with Gasteiger partial charge in [-0.25, -0.2) is 0 Å². The second kappa shape index (κ2) is 8.10. The molecule has 1 rings (SSSR count). The Morgan fingerprint density at radius 1 is 1.43 bits per heavy atom. The quantitative estimate of drug-likeness (QED) is 0.772. The first-order valence-corrected chi connectivity index (χ1v) is 7.23. The maximum Gasteiger partial charge on any atom is 0.320 e. The molecule has 0 saturated heterocycles. The first-order chi connectivity index (χ1) is 9.90. The molecule has 118 valence electrons. The lowest BCUT2D eigenvalue weighted by Crippen LogP contribution is -2.40. The van der Waals surface area contributed by atoms with E-state index in [2.05, 4.69) is 5.32 Å². The monoisotopic (exact) mass is 315 g/mol. The van der Waals surface area contributed by atoms with Crippen LogP contribution < -0.4 is 14.8 Å². The molecule has 0 aliphatic rings. The summed E-state index contributed by atoms with van der Waals surface area (Å²) in [4.78, 5) is 11.2. The number of halogens is 1. The Kier molecular flexibility index (Phi) is 6.78. The number of aliphatic carboxylic acids is 1. The zero-order valence-corrected chi connectivity index (χ0v) is 13.5. The van der Waals surface area contributed by atoms with Crippen molar-refractivity contribution in [2.24, 2.45) is 5.92 Å². The Morgan fingerprint density at radius 3 is 2.57 bits per heavy atom. The Bertz CT molecular complexity index is 491. The van der Waals surface area contributed by atoms with Gasteiger partial charge in [0.15, 0.2) is 11.5 Å². The zero-order chi connectivity index (χ0) is 16.0. The van der Waals surface area contributed by atoms with E-state index in [-0.39, 0.29) is 5.92 Å². The Labute approximate surface area is 130 Å². The van der Waals surface area contributed by atoms with Gasteiger partial charge in [-0.2, -0.15) is 0 Å². The highest BCUT2D eigenvalue weighted by Crippen LogP contribution is 2.36. The van der Waals surface area contributed by atoms with Gasteiger partial charge in [0.1, 0.15) is 6.04 Å². The molecule has 0 heterocycles. The SMILES string of the molecule is CCOc1c(Cl)cc(CN[C@@H](C(=O)O)C(C)C)cc1OC. The molecule has 1 aromatic carbocycles. The minimum atomic E-state index is -0.867. The van der Waals surface area contributed by atoms with Crippen LogP contribution in [0.1, 0.15) is 26.3 Å². The number of rotatable bonds is 8. The van der Waals surface area contributed by atoms with Crippen molar-refractivity contribution < 1.29 is 19.4 Å². The second-order valence-corrected chi connectivity index (χ2v) is 5.39. The largest absolute Gasteiger partial charge is 0.493 e. The highest BCUT2D eigenvalue weighted by molar-refractivity contribution is 6.32. The van der Waals surface area contributed by atoms with E-state index in [9.17, 15) is 4.79 Å². The number of ether oxygens (including phenoxy) is 2. The summed E-state index contributed by atoms with van der Waals surface area (Å²) >= 11 is 6.18. The first-order valence-electron chi connectivity index (χ1n) is 6.86. The minimum absolute atomic E-state index is 0.0115. The second-order valence-electron chi connectivity index (χ2n) is 4.98. The predicted octanol–water partition coefficient (Wildman–Crippen LogP) is 2.95. The average molecular weight is 316 g/mol. The number of nitrogens with one attached hydrogen (secondary N) is 1. The Hall–Kier alpha value is -1.46. The van der Waals surface area contributed by atoms with E-state index in [1.165, 1.54) is 0 Å². The minimum Gasteiger partial charge on any atom is -0.493 e. The number of carbonyl (C=O) groups is 1. The van der Waals surface area contributed by atoms with Crippen LogP contribution in [0.2, 0.25) is 5.02 Å². The molecule has 0 fully saturated rings. The molecule has 1 aromatic rings. The number of methoxy groups -OCH3 is 1. The molecule has 0 saturated carbocycles. The lowest BCUT2D eigenvalue weighted by Gasteiger charge is -2.19. The molecule has 0 bridgehead atoms. The molecule has 0 amide bonds. The summed E-state index contributed by atoms with van der Waals surface area (Å²) in [6.45, 7) is 6.46. The van der Waals surface area contributed by atoms with Gasteiger partial charge < -0.3 is 19.9 Å². The molecule has 21 heavy (non-hydrogen) atoms. The summed E-state index contributed by atoms with van der Waals surface area (Å²) in [6.07, 6.45) is 0. The summed E-state index contributed by atoms with van der Waals surface area (Å²) in [6, 6.07) is 2.94. The lowest BCUT2D eigenvalue weighted by atomic mass is 10.0. The van der Waals surface area contributed by atoms with Crippen molar-refractivity contribution in [3.05, 3.63) is 22.7 Å². The Balaban J connectivity index is 2.89. The van der Waals surface area contributed by atoms with Crippen LogP contribution >= 0.6 is 11.6 Å². The average Bonchev–Trinajstić information content (AvgIpc) is 2.40. The van der Waals surface area contributed by atoms with Crippen LogP contribution in [-0.4, -0.2) is 30.8 Å². The molecule has 1 atom stereocenters. The number of hydrogen-bond acceptors (Lipinski definition) is 4. The van der Waals surface area contributed by atoms with Crippen LogP contribution in [-0.2, 0) is 11.3 Å². The highest BCUT2D eigenvalue weighted by atomic mass is 35.5. The number of carboxylic acid groups (broad SMARTS) is 1. The standard InChI is InChI=1S/C15H22ClNO4/c1-5-21-14-11(16)6-10(7-12(14)20-4)8-17-13(9(2)3)15(18)19/h6-7,9,13,17H,5,8H2,1-4H3,(H,18,19)/t13-/m1/s1. The van der Waals surface area contributed by atoms with E-state index in [0.29, 0.717) is 29.7 Å². The molecule has 0 aliphatic heterocycles. The normalized spacial score (nSPS) is 12.3. The zero-order valence-electron chi connectivity index (χ0n) is 12.8. The fraction of sp³-hybridized carbons (Fsp3) is 0.533. The smallest absolute Gasteiger partial charge is 0.320 e. The van der Waals surface area contributed by atoms with Gasteiger partial charge in [-0.05, 0) is 30.5 Å². The van der Waals surface area contributed by atoms with Crippen LogP contribution in [0.4, 0.5) is 0 Å². The van der Waals surface area contributed by atoms with E-state index >= 15 is 0 Å². The van der Waals surface area contributed by atoms with Crippen LogP contribution in [0.5, 0.6) is 11.5 Å². The van der Waals surface area contributed by atoms with Crippen LogP contribution in [0.25, 0.3) is 0 Å². The van der Waals surface area contributed by atoms with Gasteiger partial charge in [0.25, 0.3) is 0 Å². The molecule has 2 N–H and O–H groups in total. The van der Waals surface area contributed by atoms with Crippen molar-refractivity contribution in [1.29, 1.82) is 0 Å². The van der Waals surface area contributed by atoms with Gasteiger partial charge in [-0.3, -0.25) is 4.79 Å². The maximum absolute atomic E-state index is 11.2. The van der Waals surface area contributed by atoms with Crippen molar-refractivity contribution in [3.63, 3.8) is 0 Å². The van der Waals surface area contributed by atoms with E-state index < -0.39 is 12.0 Å². The molecular formula is C15H22ClNO4. The van der Waals surface area contributed by atoms with Crippen LogP contribution in [0.3, 0.4) is 0 Å².